The summed E-state index contributed by atoms with van der Waals surface area (Å²) in [5, 5.41) is 6.89. The van der Waals surface area contributed by atoms with E-state index in [-0.39, 0.29) is 0 Å². The van der Waals surface area contributed by atoms with Crippen LogP contribution in [0.3, 0.4) is 0 Å². The second-order valence-electron chi connectivity index (χ2n) is 8.57. The molecule has 2 N–H and O–H groups in total. The van der Waals surface area contributed by atoms with E-state index < -0.39 is 0 Å². The first-order valence-corrected chi connectivity index (χ1v) is 11.9. The molecule has 6 nitrogen and oxygen atoms in total. The van der Waals surface area contributed by atoms with Crippen LogP contribution in [0.1, 0.15) is 36.5 Å². The quantitative estimate of drug-likeness (QED) is 0.441. The van der Waals surface area contributed by atoms with E-state index in [0.29, 0.717) is 6.54 Å². The summed E-state index contributed by atoms with van der Waals surface area (Å²) in [5.41, 5.74) is 3.78. The Labute approximate surface area is 192 Å². The number of aliphatic imine (C=N–C) groups is 1. The van der Waals surface area contributed by atoms with Crippen molar-refractivity contribution in [1.82, 2.24) is 15.5 Å². The van der Waals surface area contributed by atoms with Crippen LogP contribution in [0.25, 0.3) is 0 Å². The first-order valence-electron chi connectivity index (χ1n) is 11.9. The minimum Gasteiger partial charge on any atom is -0.493 e. The van der Waals surface area contributed by atoms with Gasteiger partial charge in [-0.15, -0.1) is 0 Å². The molecule has 0 bridgehead atoms. The predicted molar refractivity (Wildman–Crippen MR) is 129 cm³/mol. The van der Waals surface area contributed by atoms with Crippen LogP contribution in [0.4, 0.5) is 0 Å². The number of guanidine groups is 1. The Bertz CT molecular complexity index is 876. The van der Waals surface area contributed by atoms with Gasteiger partial charge in [0.25, 0.3) is 0 Å². The number of nitrogens with zero attached hydrogens (tertiary/aromatic N) is 2. The van der Waals surface area contributed by atoms with Gasteiger partial charge in [0, 0.05) is 38.3 Å². The second-order valence-corrected chi connectivity index (χ2v) is 8.57. The Kier molecular flexibility index (Phi) is 8.40. The molecule has 172 valence electrons. The van der Waals surface area contributed by atoms with Crippen molar-refractivity contribution in [2.45, 2.75) is 39.4 Å². The Hall–Kier alpha value is -2.57. The highest BCUT2D eigenvalue weighted by Gasteiger charge is 2.22. The van der Waals surface area contributed by atoms with Crippen molar-refractivity contribution in [1.29, 1.82) is 0 Å². The molecule has 0 aromatic heterocycles. The molecular weight excluding hydrogens is 400 g/mol. The number of morpholine rings is 1. The zero-order chi connectivity index (χ0) is 22.0. The van der Waals surface area contributed by atoms with Crippen molar-refractivity contribution >= 4 is 5.96 Å². The van der Waals surface area contributed by atoms with Crippen molar-refractivity contribution in [2.75, 3.05) is 39.5 Å². The van der Waals surface area contributed by atoms with Crippen molar-refractivity contribution in [3.63, 3.8) is 0 Å². The standard InChI is InChI=1S/C26H36N4O2/c1-2-27-26(29-18-23-8-5-6-10-25(23)32-20-21-11-12-21)28-17-22-7-3-4-9-24(22)19-30-13-15-31-16-14-30/h3-10,21H,2,11-20H2,1H3,(H2,27,28,29). The van der Waals surface area contributed by atoms with Crippen LogP contribution in [-0.2, 0) is 24.4 Å². The number of rotatable bonds is 10. The van der Waals surface area contributed by atoms with Crippen molar-refractivity contribution in [3.8, 4) is 5.75 Å². The highest BCUT2D eigenvalue weighted by atomic mass is 16.5. The smallest absolute Gasteiger partial charge is 0.191 e. The maximum atomic E-state index is 6.05. The van der Waals surface area contributed by atoms with E-state index in [4.69, 9.17) is 14.5 Å². The van der Waals surface area contributed by atoms with Gasteiger partial charge in [-0.25, -0.2) is 4.99 Å². The van der Waals surface area contributed by atoms with E-state index in [1.807, 2.05) is 6.07 Å². The molecule has 4 rings (SSSR count). The molecule has 0 amide bonds. The SMILES string of the molecule is CCNC(=NCc1ccccc1OCC1CC1)NCc1ccccc1CN1CCOCC1. The predicted octanol–water partition coefficient (Wildman–Crippen LogP) is 3.56. The summed E-state index contributed by atoms with van der Waals surface area (Å²) in [7, 11) is 0. The fraction of sp³-hybridized carbons (Fsp3) is 0.500. The lowest BCUT2D eigenvalue weighted by molar-refractivity contribution is 0.0341. The fourth-order valence-electron chi connectivity index (χ4n) is 3.84. The molecule has 2 fully saturated rings. The molecule has 1 heterocycles. The number of ether oxygens (including phenoxy) is 2. The van der Waals surface area contributed by atoms with Crippen LogP contribution >= 0.6 is 0 Å². The minimum absolute atomic E-state index is 0.589. The van der Waals surface area contributed by atoms with Gasteiger partial charge in [0.2, 0.25) is 0 Å². The van der Waals surface area contributed by atoms with Crippen molar-refractivity contribution in [2.24, 2.45) is 10.9 Å². The molecule has 0 unspecified atom stereocenters. The molecule has 6 heteroatoms. The van der Waals surface area contributed by atoms with Crippen LogP contribution in [-0.4, -0.2) is 50.3 Å². The normalized spacial score (nSPS) is 17.2. The molecule has 0 spiro atoms. The number of para-hydroxylation sites is 1. The van der Waals surface area contributed by atoms with Crippen LogP contribution in [0.2, 0.25) is 0 Å². The number of hydrogen-bond acceptors (Lipinski definition) is 4. The van der Waals surface area contributed by atoms with Gasteiger partial charge in [-0.1, -0.05) is 42.5 Å². The molecule has 1 aliphatic carbocycles. The zero-order valence-corrected chi connectivity index (χ0v) is 19.2. The fourth-order valence-corrected chi connectivity index (χ4v) is 3.84. The molecular formula is C26H36N4O2. The van der Waals surface area contributed by atoms with E-state index in [0.717, 1.165) is 75.7 Å². The highest BCUT2D eigenvalue weighted by molar-refractivity contribution is 5.79. The summed E-state index contributed by atoms with van der Waals surface area (Å²) in [5.74, 6) is 2.52. The Morgan fingerprint density at radius 2 is 1.72 bits per heavy atom. The molecule has 1 saturated carbocycles. The van der Waals surface area contributed by atoms with Gasteiger partial charge in [-0.2, -0.15) is 0 Å². The molecule has 1 saturated heterocycles. The van der Waals surface area contributed by atoms with E-state index in [1.54, 1.807) is 0 Å². The molecule has 2 aromatic rings. The third-order valence-corrected chi connectivity index (χ3v) is 5.96. The lowest BCUT2D eigenvalue weighted by atomic mass is 10.1. The van der Waals surface area contributed by atoms with Crippen LogP contribution < -0.4 is 15.4 Å². The molecule has 0 atom stereocenters. The van der Waals surface area contributed by atoms with E-state index in [2.05, 4.69) is 64.9 Å². The van der Waals surface area contributed by atoms with Crippen LogP contribution in [0.5, 0.6) is 5.75 Å². The Balaban J connectivity index is 1.37. The summed E-state index contributed by atoms with van der Waals surface area (Å²) in [6, 6.07) is 16.9. The highest BCUT2D eigenvalue weighted by Crippen LogP contribution is 2.30. The topological polar surface area (TPSA) is 58.1 Å². The maximum Gasteiger partial charge on any atom is 0.191 e. The summed E-state index contributed by atoms with van der Waals surface area (Å²) in [6.45, 7) is 9.66. The number of benzene rings is 2. The Morgan fingerprint density at radius 1 is 1.00 bits per heavy atom. The number of hydrogen-bond donors (Lipinski definition) is 2. The largest absolute Gasteiger partial charge is 0.493 e. The van der Waals surface area contributed by atoms with Crippen LogP contribution in [0, 0.1) is 5.92 Å². The average molecular weight is 437 g/mol. The van der Waals surface area contributed by atoms with Gasteiger partial charge in [0.15, 0.2) is 5.96 Å². The van der Waals surface area contributed by atoms with E-state index >= 15 is 0 Å². The third kappa shape index (κ3) is 6.97. The summed E-state index contributed by atoms with van der Waals surface area (Å²) >= 11 is 0. The lowest BCUT2D eigenvalue weighted by Gasteiger charge is -2.27. The number of nitrogens with one attached hydrogen (secondary N) is 2. The molecule has 1 aliphatic heterocycles. The summed E-state index contributed by atoms with van der Waals surface area (Å²) < 4.78 is 11.5. The van der Waals surface area contributed by atoms with Crippen molar-refractivity contribution < 1.29 is 9.47 Å². The molecule has 0 radical (unpaired) electrons. The van der Waals surface area contributed by atoms with Gasteiger partial charge < -0.3 is 20.1 Å². The molecule has 32 heavy (non-hydrogen) atoms. The van der Waals surface area contributed by atoms with Crippen LogP contribution in [0.15, 0.2) is 53.5 Å². The van der Waals surface area contributed by atoms with Gasteiger partial charge in [-0.3, -0.25) is 4.90 Å². The van der Waals surface area contributed by atoms with E-state index in [9.17, 15) is 0 Å². The van der Waals surface area contributed by atoms with Crippen molar-refractivity contribution in [3.05, 3.63) is 65.2 Å². The first kappa shape index (κ1) is 22.6. The van der Waals surface area contributed by atoms with E-state index in [1.165, 1.54) is 24.0 Å². The summed E-state index contributed by atoms with van der Waals surface area (Å²) in [4.78, 5) is 7.29. The van der Waals surface area contributed by atoms with Gasteiger partial charge in [-0.05, 0) is 42.9 Å². The monoisotopic (exact) mass is 436 g/mol. The molecule has 2 aliphatic rings. The first-order chi connectivity index (χ1) is 15.8. The molecule has 2 aromatic carbocycles. The van der Waals surface area contributed by atoms with Gasteiger partial charge >= 0.3 is 0 Å². The van der Waals surface area contributed by atoms with Gasteiger partial charge in [0.1, 0.15) is 5.75 Å². The summed E-state index contributed by atoms with van der Waals surface area (Å²) in [6.07, 6.45) is 2.59. The average Bonchev–Trinajstić information content (AvgIpc) is 3.66. The van der Waals surface area contributed by atoms with Gasteiger partial charge in [0.05, 0.1) is 26.4 Å². The third-order valence-electron chi connectivity index (χ3n) is 5.96. The minimum atomic E-state index is 0.589. The Morgan fingerprint density at radius 3 is 2.47 bits per heavy atom. The lowest BCUT2D eigenvalue weighted by Crippen LogP contribution is -2.38. The zero-order valence-electron chi connectivity index (χ0n) is 19.2. The second kappa shape index (κ2) is 11.9. The maximum absolute atomic E-state index is 6.05.